The van der Waals surface area contributed by atoms with Gasteiger partial charge in [-0.1, -0.05) is 18.2 Å². The fourth-order valence-electron chi connectivity index (χ4n) is 3.79. The number of hydrogen-bond acceptors (Lipinski definition) is 4. The molecule has 2 atom stereocenters. The predicted octanol–water partition coefficient (Wildman–Crippen LogP) is 2.35. The van der Waals surface area contributed by atoms with Crippen LogP contribution >= 0.6 is 0 Å². The Hall–Kier alpha value is -2.93. The van der Waals surface area contributed by atoms with Crippen molar-refractivity contribution in [2.24, 2.45) is 0 Å². The monoisotopic (exact) mass is 398 g/mol. The molecule has 2 aliphatic rings. The summed E-state index contributed by atoms with van der Waals surface area (Å²) in [6.45, 7) is 2.31. The van der Waals surface area contributed by atoms with E-state index in [9.17, 15) is 14.0 Å². The van der Waals surface area contributed by atoms with Crippen LogP contribution in [0.1, 0.15) is 16.8 Å². The van der Waals surface area contributed by atoms with Gasteiger partial charge in [-0.2, -0.15) is 0 Å². The molecule has 6 nitrogen and oxygen atoms in total. The molecule has 7 heteroatoms. The van der Waals surface area contributed by atoms with E-state index in [1.54, 1.807) is 9.80 Å². The molecule has 0 bridgehead atoms. The van der Waals surface area contributed by atoms with Gasteiger partial charge in [0.05, 0.1) is 19.8 Å². The molecule has 0 radical (unpaired) electrons. The Morgan fingerprint density at radius 3 is 2.38 bits per heavy atom. The van der Waals surface area contributed by atoms with Gasteiger partial charge in [-0.25, -0.2) is 4.39 Å². The molecule has 0 saturated carbocycles. The summed E-state index contributed by atoms with van der Waals surface area (Å²) >= 11 is 0. The highest BCUT2D eigenvalue weighted by Crippen LogP contribution is 2.26. The number of likely N-dealkylation sites (tertiary alicyclic amines) is 1. The van der Waals surface area contributed by atoms with Crippen molar-refractivity contribution < 1.29 is 23.5 Å². The maximum atomic E-state index is 13.3. The molecule has 0 unspecified atom stereocenters. The summed E-state index contributed by atoms with van der Waals surface area (Å²) in [4.78, 5) is 29.6. The number of rotatable bonds is 4. The highest BCUT2D eigenvalue weighted by atomic mass is 19.1. The van der Waals surface area contributed by atoms with Crippen LogP contribution in [0.25, 0.3) is 0 Å². The molecule has 2 amide bonds. The Bertz CT molecular complexity index is 853. The van der Waals surface area contributed by atoms with E-state index in [-0.39, 0.29) is 17.9 Å². The zero-order valence-corrected chi connectivity index (χ0v) is 16.0. The van der Waals surface area contributed by atoms with Gasteiger partial charge in [-0.3, -0.25) is 9.59 Å². The van der Waals surface area contributed by atoms with Gasteiger partial charge >= 0.3 is 0 Å². The average Bonchev–Trinajstić information content (AvgIpc) is 3.18. The highest BCUT2D eigenvalue weighted by molar-refractivity contribution is 5.98. The van der Waals surface area contributed by atoms with E-state index in [1.165, 1.54) is 24.3 Å². The van der Waals surface area contributed by atoms with Crippen LogP contribution in [-0.2, 0) is 9.53 Å². The van der Waals surface area contributed by atoms with Gasteiger partial charge in [-0.05, 0) is 36.4 Å². The first-order valence-corrected chi connectivity index (χ1v) is 9.76. The van der Waals surface area contributed by atoms with Crippen molar-refractivity contribution in [2.75, 3.05) is 32.8 Å². The van der Waals surface area contributed by atoms with Crippen LogP contribution in [0.15, 0.2) is 54.6 Å². The van der Waals surface area contributed by atoms with Gasteiger partial charge < -0.3 is 19.3 Å². The summed E-state index contributed by atoms with van der Waals surface area (Å²) in [6.07, 6.45) is 0.120. The van der Waals surface area contributed by atoms with Gasteiger partial charge in [-0.15, -0.1) is 0 Å². The van der Waals surface area contributed by atoms with Crippen LogP contribution < -0.4 is 4.74 Å². The Labute approximate surface area is 168 Å². The van der Waals surface area contributed by atoms with Crippen molar-refractivity contribution in [1.29, 1.82) is 0 Å². The Morgan fingerprint density at radius 2 is 1.69 bits per heavy atom. The molecule has 2 saturated heterocycles. The third kappa shape index (κ3) is 4.40. The summed E-state index contributed by atoms with van der Waals surface area (Å²) < 4.78 is 24.6. The van der Waals surface area contributed by atoms with Gasteiger partial charge in [0.25, 0.3) is 5.91 Å². The van der Waals surface area contributed by atoms with Crippen LogP contribution in [0.3, 0.4) is 0 Å². The minimum absolute atomic E-state index is 0.0945. The molecular weight excluding hydrogens is 375 g/mol. The number of para-hydroxylation sites is 1. The fraction of sp³-hybridized carbons (Fsp3) is 0.364. The van der Waals surface area contributed by atoms with E-state index >= 15 is 0 Å². The molecule has 0 aliphatic carbocycles. The Kier molecular flexibility index (Phi) is 5.76. The minimum Gasteiger partial charge on any atom is -0.488 e. The first kappa shape index (κ1) is 19.4. The van der Waals surface area contributed by atoms with Gasteiger partial charge in [0, 0.05) is 25.1 Å². The molecule has 152 valence electrons. The molecule has 2 aliphatic heterocycles. The van der Waals surface area contributed by atoms with E-state index in [2.05, 4.69) is 0 Å². The van der Waals surface area contributed by atoms with Crippen LogP contribution in [-0.4, -0.2) is 66.6 Å². The first-order valence-electron chi connectivity index (χ1n) is 9.76. The summed E-state index contributed by atoms with van der Waals surface area (Å²) in [5.74, 6) is -0.0981. The second-order valence-electron chi connectivity index (χ2n) is 7.21. The second-order valence-corrected chi connectivity index (χ2v) is 7.21. The SMILES string of the molecule is O=C([C@H]1C[C@H](Oc2ccccc2)CN1C(=O)c1ccc(F)cc1)N1CCOCC1. The largest absolute Gasteiger partial charge is 0.488 e. The van der Waals surface area contributed by atoms with Crippen LogP contribution in [0.4, 0.5) is 4.39 Å². The van der Waals surface area contributed by atoms with Crippen LogP contribution in [0.5, 0.6) is 5.75 Å². The summed E-state index contributed by atoms with van der Waals surface area (Å²) in [7, 11) is 0. The van der Waals surface area contributed by atoms with Crippen molar-refractivity contribution in [3.63, 3.8) is 0 Å². The van der Waals surface area contributed by atoms with E-state index in [0.29, 0.717) is 50.6 Å². The number of carbonyl (C=O) groups excluding carboxylic acids is 2. The maximum absolute atomic E-state index is 13.3. The summed E-state index contributed by atoms with van der Waals surface area (Å²) in [5.41, 5.74) is 0.353. The zero-order valence-electron chi connectivity index (χ0n) is 16.0. The molecule has 0 spiro atoms. The molecule has 4 rings (SSSR count). The lowest BCUT2D eigenvalue weighted by Gasteiger charge is -2.32. The lowest BCUT2D eigenvalue weighted by atomic mass is 10.1. The zero-order chi connectivity index (χ0) is 20.2. The third-order valence-corrected chi connectivity index (χ3v) is 5.27. The van der Waals surface area contributed by atoms with Crippen molar-refractivity contribution >= 4 is 11.8 Å². The van der Waals surface area contributed by atoms with Crippen molar-refractivity contribution in [2.45, 2.75) is 18.6 Å². The highest BCUT2D eigenvalue weighted by Gasteiger charge is 2.42. The smallest absolute Gasteiger partial charge is 0.254 e. The van der Waals surface area contributed by atoms with Crippen molar-refractivity contribution in [3.8, 4) is 5.75 Å². The topological polar surface area (TPSA) is 59.1 Å². The van der Waals surface area contributed by atoms with Gasteiger partial charge in [0.15, 0.2) is 0 Å². The number of amides is 2. The molecule has 2 aromatic carbocycles. The number of morpholine rings is 1. The number of carbonyl (C=O) groups is 2. The molecule has 0 aromatic heterocycles. The van der Waals surface area contributed by atoms with E-state index in [1.807, 2.05) is 30.3 Å². The van der Waals surface area contributed by atoms with Crippen LogP contribution in [0.2, 0.25) is 0 Å². The normalized spacial score (nSPS) is 21.8. The van der Waals surface area contributed by atoms with Crippen LogP contribution in [0, 0.1) is 5.82 Å². The Morgan fingerprint density at radius 1 is 1.00 bits per heavy atom. The first-order chi connectivity index (χ1) is 14.1. The Balaban J connectivity index is 1.55. The van der Waals surface area contributed by atoms with Crippen molar-refractivity contribution in [1.82, 2.24) is 9.80 Å². The number of ether oxygens (including phenoxy) is 2. The molecule has 0 N–H and O–H groups in total. The number of halogens is 1. The molecule has 2 aromatic rings. The quantitative estimate of drug-likeness (QED) is 0.793. The minimum atomic E-state index is -0.612. The summed E-state index contributed by atoms with van der Waals surface area (Å²) in [5, 5.41) is 0. The molecule has 2 fully saturated rings. The lowest BCUT2D eigenvalue weighted by Crippen LogP contribution is -2.51. The van der Waals surface area contributed by atoms with Gasteiger partial charge in [0.1, 0.15) is 23.7 Å². The van der Waals surface area contributed by atoms with E-state index in [0.717, 1.165) is 0 Å². The lowest BCUT2D eigenvalue weighted by molar-refractivity contribution is -0.139. The maximum Gasteiger partial charge on any atom is 0.254 e. The molecule has 29 heavy (non-hydrogen) atoms. The molecular formula is C22H23FN2O4. The van der Waals surface area contributed by atoms with E-state index < -0.39 is 11.9 Å². The number of nitrogens with zero attached hydrogens (tertiary/aromatic N) is 2. The number of benzene rings is 2. The predicted molar refractivity (Wildman–Crippen MR) is 104 cm³/mol. The third-order valence-electron chi connectivity index (χ3n) is 5.27. The standard InChI is InChI=1S/C22H23FN2O4/c23-17-8-6-16(7-9-17)21(26)25-15-19(29-18-4-2-1-3-5-18)14-20(25)22(27)24-10-12-28-13-11-24/h1-9,19-20H,10-15H2/t19-,20+/m0/s1. The van der Waals surface area contributed by atoms with Gasteiger partial charge in [0.2, 0.25) is 5.91 Å². The fourth-order valence-corrected chi connectivity index (χ4v) is 3.79. The second kappa shape index (κ2) is 8.61. The molecule has 2 heterocycles. The summed E-state index contributed by atoms with van der Waals surface area (Å²) in [6, 6.07) is 14.1. The van der Waals surface area contributed by atoms with E-state index in [4.69, 9.17) is 9.47 Å². The number of hydrogen-bond donors (Lipinski definition) is 0. The van der Waals surface area contributed by atoms with Crippen molar-refractivity contribution in [3.05, 3.63) is 66.0 Å². The average molecular weight is 398 g/mol.